The Balaban J connectivity index is 1.48. The van der Waals surface area contributed by atoms with Crippen LogP contribution in [0, 0.1) is 0 Å². The lowest BCUT2D eigenvalue weighted by atomic mass is 10.1. The zero-order chi connectivity index (χ0) is 18.4. The van der Waals surface area contributed by atoms with Gasteiger partial charge in [0.15, 0.2) is 0 Å². The van der Waals surface area contributed by atoms with Gasteiger partial charge in [-0.15, -0.1) is 11.3 Å². The smallest absolute Gasteiger partial charge is 0.225 e. The summed E-state index contributed by atoms with van der Waals surface area (Å²) in [6.07, 6.45) is 3.19. The Kier molecular flexibility index (Phi) is 6.07. The number of fused-ring (bicyclic) bond motifs is 1. The van der Waals surface area contributed by atoms with E-state index in [0.29, 0.717) is 26.1 Å². The molecule has 6 heteroatoms. The van der Waals surface area contributed by atoms with Crippen molar-refractivity contribution in [1.29, 1.82) is 0 Å². The summed E-state index contributed by atoms with van der Waals surface area (Å²) in [6, 6.07) is 12.0. The van der Waals surface area contributed by atoms with Gasteiger partial charge in [-0.25, -0.2) is 0 Å². The summed E-state index contributed by atoms with van der Waals surface area (Å²) in [6.45, 7) is 3.20. The van der Waals surface area contributed by atoms with E-state index in [1.165, 1.54) is 10.9 Å². The number of nitrogens with zero attached hydrogens (tertiary/aromatic N) is 1. The van der Waals surface area contributed by atoms with Gasteiger partial charge in [0.2, 0.25) is 11.8 Å². The first-order valence-electron chi connectivity index (χ1n) is 8.73. The Bertz CT molecular complexity index is 870. The maximum Gasteiger partial charge on any atom is 0.225 e. The topological polar surface area (TPSA) is 65.2 Å². The van der Waals surface area contributed by atoms with Crippen LogP contribution in [0.2, 0.25) is 0 Å². The third-order valence-corrected chi connectivity index (χ3v) is 5.27. The molecule has 0 spiro atoms. The number of carbonyl (C=O) groups is 2. The van der Waals surface area contributed by atoms with Gasteiger partial charge in [-0.1, -0.05) is 24.3 Å². The lowest BCUT2D eigenvalue weighted by Gasteiger charge is -2.21. The van der Waals surface area contributed by atoms with Crippen LogP contribution in [0.3, 0.4) is 0 Å². The molecule has 2 heterocycles. The molecule has 2 amide bonds. The fourth-order valence-corrected chi connectivity index (χ4v) is 3.69. The van der Waals surface area contributed by atoms with E-state index in [4.69, 9.17) is 0 Å². The zero-order valence-corrected chi connectivity index (χ0v) is 15.6. The third kappa shape index (κ3) is 4.73. The van der Waals surface area contributed by atoms with Gasteiger partial charge < -0.3 is 15.2 Å². The van der Waals surface area contributed by atoms with Crippen LogP contribution >= 0.6 is 11.3 Å². The minimum atomic E-state index is -0.00687. The molecule has 2 aromatic heterocycles. The van der Waals surface area contributed by atoms with Crippen LogP contribution in [-0.2, 0) is 22.4 Å². The maximum atomic E-state index is 11.9. The standard InChI is InChI=1S/C20H23N3O2S/c1-15(24)23(11-9-21-20(25)13-17-5-4-12-26-17)10-8-16-14-22-19-7-3-2-6-18(16)19/h2-7,12,14,22H,8-11,13H2,1H3,(H,21,25). The SMILES string of the molecule is CC(=O)N(CCNC(=O)Cc1cccs1)CCc1c[nH]c2ccccc12. The summed E-state index contributed by atoms with van der Waals surface area (Å²) < 4.78 is 0. The number of thiophene rings is 1. The molecule has 26 heavy (non-hydrogen) atoms. The number of H-pyrrole nitrogens is 1. The molecule has 5 nitrogen and oxygen atoms in total. The van der Waals surface area contributed by atoms with Crippen molar-refractivity contribution in [2.24, 2.45) is 0 Å². The van der Waals surface area contributed by atoms with Crippen LogP contribution in [-0.4, -0.2) is 41.3 Å². The Morgan fingerprint density at radius 1 is 1.15 bits per heavy atom. The summed E-state index contributed by atoms with van der Waals surface area (Å²) in [4.78, 5) is 29.9. The first kappa shape index (κ1) is 18.2. The van der Waals surface area contributed by atoms with Crippen LogP contribution in [0.5, 0.6) is 0 Å². The van der Waals surface area contributed by atoms with Gasteiger partial charge in [-0.05, 0) is 29.5 Å². The lowest BCUT2D eigenvalue weighted by Crippen LogP contribution is -2.38. The van der Waals surface area contributed by atoms with Crippen molar-refractivity contribution < 1.29 is 9.59 Å². The second-order valence-corrected chi connectivity index (χ2v) is 7.25. The number of para-hydroxylation sites is 1. The first-order chi connectivity index (χ1) is 12.6. The van der Waals surface area contributed by atoms with Crippen molar-refractivity contribution in [2.45, 2.75) is 19.8 Å². The molecule has 2 N–H and O–H groups in total. The average molecular weight is 369 g/mol. The highest BCUT2D eigenvalue weighted by Gasteiger charge is 2.11. The maximum absolute atomic E-state index is 11.9. The number of amides is 2. The van der Waals surface area contributed by atoms with Crippen molar-refractivity contribution in [3.05, 3.63) is 58.4 Å². The van der Waals surface area contributed by atoms with Crippen molar-refractivity contribution >= 4 is 34.1 Å². The predicted molar refractivity (Wildman–Crippen MR) is 105 cm³/mol. The van der Waals surface area contributed by atoms with Crippen LogP contribution in [0.15, 0.2) is 48.0 Å². The number of hydrogen-bond acceptors (Lipinski definition) is 3. The molecule has 1 aromatic carbocycles. The molecule has 0 unspecified atom stereocenters. The molecule has 0 aliphatic carbocycles. The van der Waals surface area contributed by atoms with Gasteiger partial charge in [0.1, 0.15) is 0 Å². The Morgan fingerprint density at radius 3 is 2.77 bits per heavy atom. The van der Waals surface area contributed by atoms with Gasteiger partial charge in [0, 0.05) is 48.5 Å². The fourth-order valence-electron chi connectivity index (χ4n) is 2.98. The summed E-state index contributed by atoms with van der Waals surface area (Å²) in [7, 11) is 0. The van der Waals surface area contributed by atoms with Crippen LogP contribution < -0.4 is 5.32 Å². The van der Waals surface area contributed by atoms with Crippen LogP contribution in [0.25, 0.3) is 10.9 Å². The largest absolute Gasteiger partial charge is 0.361 e. The van der Waals surface area contributed by atoms with Crippen molar-refractivity contribution in [1.82, 2.24) is 15.2 Å². The van der Waals surface area contributed by atoms with E-state index in [-0.39, 0.29) is 11.8 Å². The average Bonchev–Trinajstić information content (AvgIpc) is 3.27. The molecule has 0 atom stereocenters. The van der Waals surface area contributed by atoms with Gasteiger partial charge in [0.25, 0.3) is 0 Å². The van der Waals surface area contributed by atoms with E-state index in [9.17, 15) is 9.59 Å². The monoisotopic (exact) mass is 369 g/mol. The van der Waals surface area contributed by atoms with E-state index in [2.05, 4.69) is 16.4 Å². The van der Waals surface area contributed by atoms with E-state index in [1.54, 1.807) is 23.2 Å². The molecule has 0 aliphatic heterocycles. The molecule has 3 aromatic rings. The summed E-state index contributed by atoms with van der Waals surface area (Å²) in [5.74, 6) is 0.0185. The minimum absolute atomic E-state index is 0.00687. The van der Waals surface area contributed by atoms with Crippen LogP contribution in [0.1, 0.15) is 17.4 Å². The molecule has 0 radical (unpaired) electrons. The van der Waals surface area contributed by atoms with Crippen molar-refractivity contribution in [3.63, 3.8) is 0 Å². The number of hydrogen-bond donors (Lipinski definition) is 2. The van der Waals surface area contributed by atoms with Gasteiger partial charge in [0.05, 0.1) is 6.42 Å². The zero-order valence-electron chi connectivity index (χ0n) is 14.8. The third-order valence-electron chi connectivity index (χ3n) is 4.39. The van der Waals surface area contributed by atoms with E-state index < -0.39 is 0 Å². The highest BCUT2D eigenvalue weighted by Crippen LogP contribution is 2.18. The Labute approximate surface area is 157 Å². The molecule has 0 aliphatic rings. The summed E-state index contributed by atoms with van der Waals surface area (Å²) in [5, 5.41) is 6.05. The highest BCUT2D eigenvalue weighted by atomic mass is 32.1. The second kappa shape index (κ2) is 8.67. The number of rotatable bonds is 8. The highest BCUT2D eigenvalue weighted by molar-refractivity contribution is 7.10. The van der Waals surface area contributed by atoms with E-state index in [0.717, 1.165) is 16.8 Å². The molecule has 0 saturated carbocycles. The molecule has 0 bridgehead atoms. The fraction of sp³-hybridized carbons (Fsp3) is 0.300. The first-order valence-corrected chi connectivity index (χ1v) is 9.61. The molecular formula is C20H23N3O2S. The number of carbonyl (C=O) groups excluding carboxylic acids is 2. The molecule has 136 valence electrons. The quantitative estimate of drug-likeness (QED) is 0.641. The van der Waals surface area contributed by atoms with Gasteiger partial charge in [-0.2, -0.15) is 0 Å². The van der Waals surface area contributed by atoms with Crippen LogP contribution in [0.4, 0.5) is 0 Å². The van der Waals surface area contributed by atoms with Gasteiger partial charge in [-0.3, -0.25) is 9.59 Å². The lowest BCUT2D eigenvalue weighted by molar-refractivity contribution is -0.129. The van der Waals surface area contributed by atoms with Gasteiger partial charge >= 0.3 is 0 Å². The number of aromatic nitrogens is 1. The Morgan fingerprint density at radius 2 is 2.00 bits per heavy atom. The molecule has 0 fully saturated rings. The number of nitrogens with one attached hydrogen (secondary N) is 2. The minimum Gasteiger partial charge on any atom is -0.361 e. The van der Waals surface area contributed by atoms with E-state index in [1.807, 2.05) is 41.9 Å². The molecule has 3 rings (SSSR count). The van der Waals surface area contributed by atoms with Crippen molar-refractivity contribution in [2.75, 3.05) is 19.6 Å². The predicted octanol–water partition coefficient (Wildman–Crippen LogP) is 2.98. The molecule has 0 saturated heterocycles. The number of aromatic amines is 1. The normalized spacial score (nSPS) is 10.8. The van der Waals surface area contributed by atoms with E-state index >= 15 is 0 Å². The number of benzene rings is 1. The Hall–Kier alpha value is -2.60. The van der Waals surface area contributed by atoms with Crippen molar-refractivity contribution in [3.8, 4) is 0 Å². The second-order valence-electron chi connectivity index (χ2n) is 6.22. The molecular weight excluding hydrogens is 346 g/mol. The summed E-state index contributed by atoms with van der Waals surface area (Å²) in [5.41, 5.74) is 2.31. The summed E-state index contributed by atoms with van der Waals surface area (Å²) >= 11 is 1.58.